The molecule has 0 aliphatic heterocycles. The molecular weight excluding hydrogens is 317 g/mol. The lowest BCUT2D eigenvalue weighted by Gasteiger charge is -2.41. The van der Waals surface area contributed by atoms with E-state index in [1.54, 1.807) is 0 Å². The molecular formula is C13H19F6OP. The topological polar surface area (TPSA) is 9.23 Å². The number of fused-ring (bicyclic) bond motifs is 2. The Balaban J connectivity index is 2.26. The van der Waals surface area contributed by atoms with Gasteiger partial charge >= 0.3 is 12.4 Å². The molecule has 0 amide bonds. The van der Waals surface area contributed by atoms with E-state index in [0.717, 1.165) is 15.9 Å². The van der Waals surface area contributed by atoms with E-state index in [4.69, 9.17) is 0 Å². The van der Waals surface area contributed by atoms with Gasteiger partial charge in [-0.05, 0) is 48.9 Å². The van der Waals surface area contributed by atoms with Crippen molar-refractivity contribution in [2.45, 2.75) is 51.1 Å². The van der Waals surface area contributed by atoms with Crippen LogP contribution in [0.25, 0.3) is 0 Å². The Kier molecular flexibility index (Phi) is 4.34. The molecule has 0 saturated heterocycles. The summed E-state index contributed by atoms with van der Waals surface area (Å²) in [5.74, 6) is 0.102. The van der Waals surface area contributed by atoms with Crippen LogP contribution >= 0.6 is 9.47 Å². The molecule has 2 bridgehead atoms. The molecule has 21 heavy (non-hydrogen) atoms. The SMILES string of the molecule is CC1C2CC(CC(OP)(C(F)(F)F)C(F)(F)F)C(C2)C1C. The maximum atomic E-state index is 13.1. The van der Waals surface area contributed by atoms with E-state index in [0.29, 0.717) is 12.3 Å². The molecule has 0 heterocycles. The highest BCUT2D eigenvalue weighted by atomic mass is 31.0. The Morgan fingerprint density at radius 3 is 1.81 bits per heavy atom. The molecule has 1 nitrogen and oxygen atoms in total. The summed E-state index contributed by atoms with van der Waals surface area (Å²) < 4.78 is 82.5. The van der Waals surface area contributed by atoms with Crippen molar-refractivity contribution in [3.8, 4) is 0 Å². The Labute approximate surface area is 122 Å². The van der Waals surface area contributed by atoms with Crippen LogP contribution in [0.5, 0.6) is 0 Å². The monoisotopic (exact) mass is 336 g/mol. The summed E-state index contributed by atoms with van der Waals surface area (Å²) in [6, 6.07) is 0. The molecule has 0 aromatic rings. The van der Waals surface area contributed by atoms with Crippen LogP contribution in [0.1, 0.15) is 33.1 Å². The lowest BCUT2D eigenvalue weighted by Crippen LogP contribution is -2.58. The Bertz CT molecular complexity index is 377. The lowest BCUT2D eigenvalue weighted by atomic mass is 9.72. The third kappa shape index (κ3) is 2.58. The van der Waals surface area contributed by atoms with Crippen LogP contribution in [-0.2, 0) is 4.52 Å². The van der Waals surface area contributed by atoms with Gasteiger partial charge in [-0.2, -0.15) is 26.3 Å². The fourth-order valence-electron chi connectivity index (χ4n) is 4.27. The third-order valence-electron chi connectivity index (χ3n) is 5.70. The summed E-state index contributed by atoms with van der Waals surface area (Å²) in [4.78, 5) is 0. The lowest BCUT2D eigenvalue weighted by molar-refractivity contribution is -0.360. The van der Waals surface area contributed by atoms with E-state index in [1.165, 1.54) is 0 Å². The molecule has 0 spiro atoms. The van der Waals surface area contributed by atoms with Gasteiger partial charge < -0.3 is 4.52 Å². The summed E-state index contributed by atoms with van der Waals surface area (Å²) in [6.45, 7) is 3.95. The summed E-state index contributed by atoms with van der Waals surface area (Å²) in [7, 11) is 1.16. The first kappa shape index (κ1) is 17.3. The van der Waals surface area contributed by atoms with Crippen LogP contribution in [0.15, 0.2) is 0 Å². The summed E-state index contributed by atoms with van der Waals surface area (Å²) in [6.07, 6.45) is -10.8. The molecule has 2 fully saturated rings. The minimum Gasteiger partial charge on any atom is -0.342 e. The maximum absolute atomic E-state index is 13.1. The van der Waals surface area contributed by atoms with Gasteiger partial charge in [0.25, 0.3) is 5.60 Å². The van der Waals surface area contributed by atoms with Crippen molar-refractivity contribution in [2.75, 3.05) is 0 Å². The van der Waals surface area contributed by atoms with Crippen LogP contribution in [0.4, 0.5) is 26.3 Å². The van der Waals surface area contributed by atoms with Crippen molar-refractivity contribution >= 4 is 9.47 Å². The number of alkyl halides is 6. The molecule has 0 radical (unpaired) electrons. The fraction of sp³-hybridized carbons (Fsp3) is 1.00. The zero-order valence-corrected chi connectivity index (χ0v) is 12.9. The first-order valence-corrected chi connectivity index (χ1v) is 7.43. The standard InChI is InChI=1S/C13H19F6OP/c1-6-7(2)10-4-8(6)3-9(10)5-11(20-21,12(14,15)16)13(17,18)19/h6-10H,3-5,21H2,1-2H3. The summed E-state index contributed by atoms with van der Waals surface area (Å²) in [5.41, 5.74) is -4.08. The van der Waals surface area contributed by atoms with Crippen LogP contribution in [0, 0.1) is 29.6 Å². The van der Waals surface area contributed by atoms with Gasteiger partial charge in [0.2, 0.25) is 0 Å². The van der Waals surface area contributed by atoms with Gasteiger partial charge in [-0.1, -0.05) is 13.8 Å². The highest BCUT2D eigenvalue weighted by Crippen LogP contribution is 2.60. The van der Waals surface area contributed by atoms with Crippen molar-refractivity contribution in [1.29, 1.82) is 0 Å². The summed E-state index contributed by atoms with van der Waals surface area (Å²) in [5, 5.41) is 0. The Morgan fingerprint density at radius 2 is 1.48 bits per heavy atom. The normalized spacial score (nSPS) is 37.3. The van der Waals surface area contributed by atoms with Gasteiger partial charge in [0.05, 0.1) is 0 Å². The molecule has 0 N–H and O–H groups in total. The molecule has 6 unspecified atom stereocenters. The summed E-state index contributed by atoms with van der Waals surface area (Å²) >= 11 is 0. The van der Waals surface area contributed by atoms with Crippen molar-refractivity contribution in [1.82, 2.24) is 0 Å². The van der Waals surface area contributed by atoms with E-state index < -0.39 is 30.3 Å². The molecule has 0 aromatic carbocycles. The molecule has 8 heteroatoms. The first-order chi connectivity index (χ1) is 9.44. The number of rotatable bonds is 3. The number of hydrogen-bond acceptors (Lipinski definition) is 1. The average molecular weight is 336 g/mol. The minimum atomic E-state index is -5.48. The second kappa shape index (κ2) is 5.26. The minimum absolute atomic E-state index is 0.0748. The van der Waals surface area contributed by atoms with Gasteiger partial charge in [-0.25, -0.2) is 0 Å². The average Bonchev–Trinajstić information content (AvgIpc) is 2.84. The predicted octanol–water partition coefficient (Wildman–Crippen LogP) is 4.97. The van der Waals surface area contributed by atoms with Gasteiger partial charge in [-0.3, -0.25) is 0 Å². The molecule has 2 aliphatic carbocycles. The number of hydrogen-bond donors (Lipinski definition) is 0. The van der Waals surface area contributed by atoms with Gasteiger partial charge in [0.1, 0.15) is 0 Å². The molecule has 2 aliphatic rings. The van der Waals surface area contributed by atoms with E-state index in [1.807, 2.05) is 13.8 Å². The predicted molar refractivity (Wildman–Crippen MR) is 68.3 cm³/mol. The van der Waals surface area contributed by atoms with Crippen LogP contribution < -0.4 is 0 Å². The fourth-order valence-corrected chi connectivity index (χ4v) is 4.64. The second-order valence-corrected chi connectivity index (χ2v) is 6.75. The van der Waals surface area contributed by atoms with Crippen LogP contribution in [-0.4, -0.2) is 18.0 Å². The zero-order chi connectivity index (χ0) is 16.2. The Morgan fingerprint density at radius 1 is 0.952 bits per heavy atom. The van der Waals surface area contributed by atoms with Crippen molar-refractivity contribution in [2.24, 2.45) is 29.6 Å². The van der Waals surface area contributed by atoms with E-state index in [2.05, 4.69) is 4.52 Å². The molecule has 2 rings (SSSR count). The van der Waals surface area contributed by atoms with Crippen molar-refractivity contribution < 1.29 is 30.9 Å². The number of halogens is 6. The highest BCUT2D eigenvalue weighted by molar-refractivity contribution is 7.09. The molecule has 2 saturated carbocycles. The van der Waals surface area contributed by atoms with E-state index in [9.17, 15) is 26.3 Å². The van der Waals surface area contributed by atoms with Crippen molar-refractivity contribution in [3.05, 3.63) is 0 Å². The largest absolute Gasteiger partial charge is 0.426 e. The highest BCUT2D eigenvalue weighted by Gasteiger charge is 2.73. The quantitative estimate of drug-likeness (QED) is 0.522. The van der Waals surface area contributed by atoms with Gasteiger partial charge in [0, 0.05) is 9.47 Å². The van der Waals surface area contributed by atoms with E-state index in [-0.39, 0.29) is 17.8 Å². The molecule has 124 valence electrons. The van der Waals surface area contributed by atoms with Gasteiger partial charge in [-0.15, -0.1) is 0 Å². The molecule has 0 aromatic heterocycles. The van der Waals surface area contributed by atoms with Crippen LogP contribution in [0.2, 0.25) is 0 Å². The maximum Gasteiger partial charge on any atom is 0.426 e. The smallest absolute Gasteiger partial charge is 0.342 e. The van der Waals surface area contributed by atoms with Gasteiger partial charge in [0.15, 0.2) is 0 Å². The van der Waals surface area contributed by atoms with E-state index >= 15 is 0 Å². The van der Waals surface area contributed by atoms with Crippen molar-refractivity contribution in [3.63, 3.8) is 0 Å². The van der Waals surface area contributed by atoms with Crippen LogP contribution in [0.3, 0.4) is 0 Å². The second-order valence-electron chi connectivity index (χ2n) is 6.52. The third-order valence-corrected chi connectivity index (χ3v) is 6.10. The Hall–Kier alpha value is -0.0300. The molecule has 6 atom stereocenters. The first-order valence-electron chi connectivity index (χ1n) is 6.96. The zero-order valence-electron chi connectivity index (χ0n) is 11.8.